The van der Waals surface area contributed by atoms with E-state index in [2.05, 4.69) is 6.07 Å². The number of aryl methyl sites for hydroxylation is 1. The van der Waals surface area contributed by atoms with Crippen LogP contribution in [-0.2, 0) is 11.2 Å². The maximum atomic E-state index is 12.5. The molecule has 2 N–H and O–H groups in total. The molecule has 1 heterocycles. The quantitative estimate of drug-likeness (QED) is 0.918. The van der Waals surface area contributed by atoms with Gasteiger partial charge >= 0.3 is 0 Å². The summed E-state index contributed by atoms with van der Waals surface area (Å²) in [5.74, 6) is 1.17. The fourth-order valence-electron chi connectivity index (χ4n) is 2.58. The van der Waals surface area contributed by atoms with E-state index in [0.717, 1.165) is 30.8 Å². The van der Waals surface area contributed by atoms with Crippen molar-refractivity contribution >= 4 is 11.6 Å². The van der Waals surface area contributed by atoms with E-state index in [1.165, 1.54) is 5.56 Å². The second kappa shape index (κ2) is 6.27. The smallest absolute Gasteiger partial charge is 0.228 e. The lowest BCUT2D eigenvalue weighted by atomic mass is 9.98. The summed E-state index contributed by atoms with van der Waals surface area (Å²) < 4.78 is 5.42. The molecule has 0 saturated carbocycles. The monoisotopic (exact) mass is 276 g/mol. The van der Waals surface area contributed by atoms with Gasteiger partial charge in [-0.1, -0.05) is 26.0 Å². The molecule has 0 radical (unpaired) electrons. The van der Waals surface area contributed by atoms with Gasteiger partial charge in [0.05, 0.1) is 12.8 Å². The van der Waals surface area contributed by atoms with Gasteiger partial charge in [0.2, 0.25) is 5.91 Å². The van der Waals surface area contributed by atoms with Gasteiger partial charge in [-0.05, 0) is 30.4 Å². The lowest BCUT2D eigenvalue weighted by Gasteiger charge is -2.32. The Balaban J connectivity index is 2.25. The third kappa shape index (κ3) is 2.96. The molecule has 1 aromatic rings. The van der Waals surface area contributed by atoms with Gasteiger partial charge in [0.1, 0.15) is 5.75 Å². The number of ether oxygens (including phenoxy) is 1. The van der Waals surface area contributed by atoms with E-state index in [1.807, 2.05) is 30.9 Å². The van der Waals surface area contributed by atoms with Crippen LogP contribution in [0, 0.1) is 5.92 Å². The molecular formula is C16H24N2O2. The number of rotatable bonds is 4. The van der Waals surface area contributed by atoms with Gasteiger partial charge in [-0.15, -0.1) is 0 Å². The van der Waals surface area contributed by atoms with Gasteiger partial charge in [-0.25, -0.2) is 0 Å². The highest BCUT2D eigenvalue weighted by atomic mass is 16.5. The summed E-state index contributed by atoms with van der Waals surface area (Å²) in [6.07, 6.45) is 2.37. The first-order chi connectivity index (χ1) is 9.54. The standard InChI is InChI=1S/C16H24N2O2/c1-11(2)13(17)10-15(19)18-9-5-7-12-6-4-8-14(20-3)16(12)18/h4,6,8,11,13H,5,7,9-10,17H2,1-3H3. The topological polar surface area (TPSA) is 55.6 Å². The van der Waals surface area contributed by atoms with Gasteiger partial charge < -0.3 is 15.4 Å². The largest absolute Gasteiger partial charge is 0.495 e. The Morgan fingerprint density at radius 2 is 2.20 bits per heavy atom. The Morgan fingerprint density at radius 1 is 1.45 bits per heavy atom. The summed E-state index contributed by atoms with van der Waals surface area (Å²) in [5.41, 5.74) is 8.15. The Kier molecular flexibility index (Phi) is 4.65. The predicted octanol–water partition coefficient (Wildman–Crippen LogP) is 2.35. The molecule has 2 rings (SSSR count). The molecule has 1 aliphatic heterocycles. The van der Waals surface area contributed by atoms with Gasteiger partial charge in [-0.3, -0.25) is 4.79 Å². The average Bonchev–Trinajstić information content (AvgIpc) is 2.45. The van der Waals surface area contributed by atoms with Crippen LogP contribution in [-0.4, -0.2) is 25.6 Å². The molecular weight excluding hydrogens is 252 g/mol. The van der Waals surface area contributed by atoms with Crippen molar-refractivity contribution in [2.24, 2.45) is 11.7 Å². The number of anilines is 1. The second-order valence-corrected chi connectivity index (χ2v) is 5.73. The number of para-hydroxylation sites is 1. The van der Waals surface area contributed by atoms with Crippen molar-refractivity contribution < 1.29 is 9.53 Å². The van der Waals surface area contributed by atoms with Crippen LogP contribution < -0.4 is 15.4 Å². The molecule has 1 unspecified atom stereocenters. The Hall–Kier alpha value is -1.55. The number of hydrogen-bond donors (Lipinski definition) is 1. The third-order valence-corrected chi connectivity index (χ3v) is 3.97. The first-order valence-electron chi connectivity index (χ1n) is 7.26. The molecule has 0 saturated heterocycles. The summed E-state index contributed by atoms with van der Waals surface area (Å²) >= 11 is 0. The Morgan fingerprint density at radius 3 is 2.85 bits per heavy atom. The molecule has 0 bridgehead atoms. The molecule has 0 spiro atoms. The van der Waals surface area contributed by atoms with Crippen molar-refractivity contribution in [3.63, 3.8) is 0 Å². The van der Waals surface area contributed by atoms with Gasteiger partial charge in [0.25, 0.3) is 0 Å². The molecule has 20 heavy (non-hydrogen) atoms. The van der Waals surface area contributed by atoms with Crippen LogP contribution in [0.2, 0.25) is 0 Å². The van der Waals surface area contributed by atoms with Crippen LogP contribution in [0.25, 0.3) is 0 Å². The summed E-state index contributed by atoms with van der Waals surface area (Å²) in [6, 6.07) is 5.86. The van der Waals surface area contributed by atoms with Crippen LogP contribution in [0.1, 0.15) is 32.3 Å². The number of methoxy groups -OCH3 is 1. The van der Waals surface area contributed by atoms with Crippen LogP contribution in [0.15, 0.2) is 18.2 Å². The van der Waals surface area contributed by atoms with E-state index in [4.69, 9.17) is 10.5 Å². The molecule has 0 fully saturated rings. The summed E-state index contributed by atoms with van der Waals surface area (Å²) in [7, 11) is 1.65. The number of fused-ring (bicyclic) bond motifs is 1. The molecule has 1 aliphatic rings. The normalized spacial score (nSPS) is 15.9. The second-order valence-electron chi connectivity index (χ2n) is 5.73. The number of amides is 1. The summed E-state index contributed by atoms with van der Waals surface area (Å²) in [6.45, 7) is 4.84. The SMILES string of the molecule is COc1cccc2c1N(C(=O)CC(N)C(C)C)CCC2. The zero-order valence-corrected chi connectivity index (χ0v) is 12.6. The van der Waals surface area contributed by atoms with Gasteiger partial charge in [0, 0.05) is 19.0 Å². The average molecular weight is 276 g/mol. The number of carbonyl (C=O) groups is 1. The highest BCUT2D eigenvalue weighted by Crippen LogP contribution is 2.36. The van der Waals surface area contributed by atoms with E-state index >= 15 is 0 Å². The van der Waals surface area contributed by atoms with E-state index in [-0.39, 0.29) is 11.9 Å². The van der Waals surface area contributed by atoms with Crippen molar-refractivity contribution in [2.45, 2.75) is 39.2 Å². The van der Waals surface area contributed by atoms with Crippen LogP contribution in [0.4, 0.5) is 5.69 Å². The van der Waals surface area contributed by atoms with Crippen molar-refractivity contribution in [3.8, 4) is 5.75 Å². The summed E-state index contributed by atoms with van der Waals surface area (Å²) in [5, 5.41) is 0. The van der Waals surface area contributed by atoms with Gasteiger partial charge in [0.15, 0.2) is 0 Å². The molecule has 0 aliphatic carbocycles. The van der Waals surface area contributed by atoms with E-state index < -0.39 is 0 Å². The zero-order chi connectivity index (χ0) is 14.7. The molecule has 1 amide bonds. The maximum Gasteiger partial charge on any atom is 0.228 e. The first kappa shape index (κ1) is 14.9. The number of nitrogens with two attached hydrogens (primary N) is 1. The highest BCUT2D eigenvalue weighted by molar-refractivity contribution is 5.96. The van der Waals surface area contributed by atoms with Crippen LogP contribution >= 0.6 is 0 Å². The van der Waals surface area contributed by atoms with Crippen molar-refractivity contribution in [3.05, 3.63) is 23.8 Å². The maximum absolute atomic E-state index is 12.5. The minimum atomic E-state index is -0.0948. The predicted molar refractivity (Wildman–Crippen MR) is 81.1 cm³/mol. The van der Waals surface area contributed by atoms with Crippen molar-refractivity contribution in [2.75, 3.05) is 18.6 Å². The van der Waals surface area contributed by atoms with Crippen LogP contribution in [0.3, 0.4) is 0 Å². The number of carbonyl (C=O) groups excluding carboxylic acids is 1. The van der Waals surface area contributed by atoms with Crippen molar-refractivity contribution in [1.29, 1.82) is 0 Å². The molecule has 110 valence electrons. The summed E-state index contributed by atoms with van der Waals surface area (Å²) in [4.78, 5) is 14.4. The zero-order valence-electron chi connectivity index (χ0n) is 12.6. The lowest BCUT2D eigenvalue weighted by molar-refractivity contribution is -0.119. The Bertz CT molecular complexity index is 471. The minimum Gasteiger partial charge on any atom is -0.495 e. The molecule has 1 atom stereocenters. The number of nitrogens with zero attached hydrogens (tertiary/aromatic N) is 1. The molecule has 1 aromatic carbocycles. The third-order valence-electron chi connectivity index (χ3n) is 3.97. The van der Waals surface area contributed by atoms with E-state index in [1.54, 1.807) is 7.11 Å². The first-order valence-corrected chi connectivity index (χ1v) is 7.26. The van der Waals surface area contributed by atoms with Crippen molar-refractivity contribution in [1.82, 2.24) is 0 Å². The number of hydrogen-bond acceptors (Lipinski definition) is 3. The minimum absolute atomic E-state index is 0.0941. The highest BCUT2D eigenvalue weighted by Gasteiger charge is 2.27. The fraction of sp³-hybridized carbons (Fsp3) is 0.562. The number of benzene rings is 1. The molecule has 4 heteroatoms. The van der Waals surface area contributed by atoms with Crippen LogP contribution in [0.5, 0.6) is 5.75 Å². The lowest BCUT2D eigenvalue weighted by Crippen LogP contribution is -2.40. The molecule has 0 aromatic heterocycles. The molecule has 4 nitrogen and oxygen atoms in total. The van der Waals surface area contributed by atoms with Gasteiger partial charge in [-0.2, -0.15) is 0 Å². The van der Waals surface area contributed by atoms with E-state index in [0.29, 0.717) is 12.3 Å². The van der Waals surface area contributed by atoms with E-state index in [9.17, 15) is 4.79 Å². The Labute approximate surface area is 120 Å². The fourth-order valence-corrected chi connectivity index (χ4v) is 2.58.